The van der Waals surface area contributed by atoms with Gasteiger partial charge in [0.2, 0.25) is 11.8 Å². The lowest BCUT2D eigenvalue weighted by atomic mass is 9.99. The number of nitrogens with one attached hydrogen (secondary N) is 1. The Morgan fingerprint density at radius 3 is 2.69 bits per heavy atom. The van der Waals surface area contributed by atoms with Gasteiger partial charge in [0.05, 0.1) is 0 Å². The molecular weight excluding hydrogens is 176 g/mol. The summed E-state index contributed by atoms with van der Waals surface area (Å²) in [5.41, 5.74) is 5.21. The molecule has 0 saturated carbocycles. The van der Waals surface area contributed by atoms with E-state index in [-0.39, 0.29) is 18.7 Å². The Hall–Kier alpha value is -1.43. The van der Waals surface area contributed by atoms with Gasteiger partial charge in [-0.1, -0.05) is 0 Å². The van der Waals surface area contributed by atoms with Crippen LogP contribution in [0.4, 0.5) is 0 Å². The third kappa shape index (κ3) is 2.25. The first kappa shape index (κ1) is 9.66. The molecule has 72 valence electrons. The van der Waals surface area contributed by atoms with Crippen molar-refractivity contribution in [2.75, 3.05) is 0 Å². The van der Waals surface area contributed by atoms with Crippen LogP contribution in [0, 0.1) is 5.92 Å². The molecule has 0 spiro atoms. The fraction of sp³-hybridized carbons (Fsp3) is 0.571. The van der Waals surface area contributed by atoms with Crippen LogP contribution < -0.4 is 11.1 Å². The zero-order chi connectivity index (χ0) is 10.0. The summed E-state index contributed by atoms with van der Waals surface area (Å²) in [6.45, 7) is 0. The lowest BCUT2D eigenvalue weighted by molar-refractivity contribution is -0.139. The van der Waals surface area contributed by atoms with E-state index >= 15 is 0 Å². The van der Waals surface area contributed by atoms with Crippen molar-refractivity contribution in [1.29, 1.82) is 0 Å². The highest BCUT2D eigenvalue weighted by atomic mass is 16.4. The van der Waals surface area contributed by atoms with Crippen molar-refractivity contribution in [2.45, 2.75) is 18.9 Å². The molecule has 13 heavy (non-hydrogen) atoms. The summed E-state index contributed by atoms with van der Waals surface area (Å²) in [7, 11) is 0. The monoisotopic (exact) mass is 186 g/mol. The van der Waals surface area contributed by atoms with Crippen LogP contribution in [-0.2, 0) is 14.4 Å². The van der Waals surface area contributed by atoms with Crippen molar-refractivity contribution >= 4 is 17.8 Å². The lowest BCUT2D eigenvalue weighted by Gasteiger charge is -2.08. The van der Waals surface area contributed by atoms with Crippen LogP contribution in [-0.4, -0.2) is 28.9 Å². The molecule has 4 N–H and O–H groups in total. The number of nitrogens with two attached hydrogens (primary N) is 1. The molecule has 0 radical (unpaired) electrons. The summed E-state index contributed by atoms with van der Waals surface area (Å²) in [5, 5.41) is 10.5. The minimum absolute atomic E-state index is 0.00685. The molecule has 0 bridgehead atoms. The van der Waals surface area contributed by atoms with Crippen molar-refractivity contribution in [2.24, 2.45) is 11.7 Å². The van der Waals surface area contributed by atoms with Gasteiger partial charge in [0, 0.05) is 12.3 Å². The van der Waals surface area contributed by atoms with E-state index in [2.05, 4.69) is 5.32 Å². The molecule has 2 atom stereocenters. The van der Waals surface area contributed by atoms with Crippen molar-refractivity contribution in [3.8, 4) is 0 Å². The smallest absolute Gasteiger partial charge is 0.320 e. The Labute approximate surface area is 74.1 Å². The number of imide groups is 1. The van der Waals surface area contributed by atoms with Crippen molar-refractivity contribution in [3.63, 3.8) is 0 Å². The van der Waals surface area contributed by atoms with E-state index in [4.69, 9.17) is 10.8 Å². The average Bonchev–Trinajstić information content (AvgIpc) is 2.30. The fourth-order valence-electron chi connectivity index (χ4n) is 1.20. The third-order valence-electron chi connectivity index (χ3n) is 1.92. The van der Waals surface area contributed by atoms with Gasteiger partial charge in [-0.15, -0.1) is 0 Å². The summed E-state index contributed by atoms with van der Waals surface area (Å²) in [5.74, 6) is -2.54. The van der Waals surface area contributed by atoms with Gasteiger partial charge in [0.15, 0.2) is 0 Å². The van der Waals surface area contributed by atoms with E-state index in [9.17, 15) is 14.4 Å². The van der Waals surface area contributed by atoms with Gasteiger partial charge in [-0.3, -0.25) is 19.7 Å². The van der Waals surface area contributed by atoms with Crippen LogP contribution in [0.2, 0.25) is 0 Å². The number of amides is 2. The normalized spacial score (nSPS) is 24.2. The van der Waals surface area contributed by atoms with Gasteiger partial charge in [-0.05, 0) is 6.42 Å². The first-order valence-corrected chi connectivity index (χ1v) is 3.82. The molecule has 1 heterocycles. The van der Waals surface area contributed by atoms with Gasteiger partial charge in [0.25, 0.3) is 0 Å². The Morgan fingerprint density at radius 1 is 1.69 bits per heavy atom. The molecule has 1 aliphatic heterocycles. The summed E-state index contributed by atoms with van der Waals surface area (Å²) >= 11 is 0. The van der Waals surface area contributed by atoms with E-state index in [0.717, 1.165) is 0 Å². The van der Waals surface area contributed by atoms with Crippen molar-refractivity contribution in [3.05, 3.63) is 0 Å². The number of aliphatic carboxylic acids is 1. The number of carboxylic acid groups (broad SMARTS) is 1. The second kappa shape index (κ2) is 3.53. The Balaban J connectivity index is 2.50. The Morgan fingerprint density at radius 2 is 2.31 bits per heavy atom. The Bertz CT molecular complexity index is 263. The number of rotatable bonds is 3. The van der Waals surface area contributed by atoms with Gasteiger partial charge >= 0.3 is 5.97 Å². The zero-order valence-electron chi connectivity index (χ0n) is 6.82. The number of hydrogen-bond donors (Lipinski definition) is 3. The molecule has 0 aromatic heterocycles. The van der Waals surface area contributed by atoms with Gasteiger partial charge in [-0.25, -0.2) is 0 Å². The molecule has 1 fully saturated rings. The quantitative estimate of drug-likeness (QED) is 0.462. The van der Waals surface area contributed by atoms with Crippen LogP contribution in [0.1, 0.15) is 12.8 Å². The van der Waals surface area contributed by atoms with Crippen molar-refractivity contribution in [1.82, 2.24) is 5.32 Å². The summed E-state index contributed by atoms with van der Waals surface area (Å²) in [6.07, 6.45) is 0.0483. The maximum absolute atomic E-state index is 11.0. The van der Waals surface area contributed by atoms with Crippen LogP contribution in [0.25, 0.3) is 0 Å². The maximum atomic E-state index is 11.0. The molecule has 6 heteroatoms. The fourth-order valence-corrected chi connectivity index (χ4v) is 1.20. The van der Waals surface area contributed by atoms with E-state index in [0.29, 0.717) is 0 Å². The standard InChI is InChI=1S/C7H10N2O4/c8-4(7(12)13)1-3-2-5(10)9-6(3)11/h3-4H,1-2,8H2,(H,12,13)(H,9,10,11)/t3-,4+/m1/s1. The summed E-state index contributed by atoms with van der Waals surface area (Å²) in [6, 6.07) is -1.08. The average molecular weight is 186 g/mol. The molecule has 0 aliphatic carbocycles. The van der Waals surface area contributed by atoms with Crippen LogP contribution in [0.5, 0.6) is 0 Å². The number of carbonyl (C=O) groups excluding carboxylic acids is 2. The highest BCUT2D eigenvalue weighted by Gasteiger charge is 2.33. The van der Waals surface area contributed by atoms with Crippen LogP contribution in [0.3, 0.4) is 0 Å². The first-order chi connectivity index (χ1) is 6.00. The molecule has 6 nitrogen and oxygen atoms in total. The summed E-state index contributed by atoms with van der Waals surface area (Å²) < 4.78 is 0. The molecule has 1 aliphatic rings. The molecule has 0 unspecified atom stereocenters. The van der Waals surface area contributed by atoms with Gasteiger partial charge < -0.3 is 10.8 Å². The number of hydrogen-bond acceptors (Lipinski definition) is 4. The van der Waals surface area contributed by atoms with E-state index in [1.165, 1.54) is 0 Å². The van der Waals surface area contributed by atoms with Gasteiger partial charge in [-0.2, -0.15) is 0 Å². The highest BCUT2D eigenvalue weighted by molar-refractivity contribution is 6.03. The van der Waals surface area contributed by atoms with E-state index < -0.39 is 23.8 Å². The Kier molecular flexibility index (Phi) is 2.62. The summed E-state index contributed by atoms with van der Waals surface area (Å²) in [4.78, 5) is 32.0. The van der Waals surface area contributed by atoms with E-state index in [1.807, 2.05) is 0 Å². The second-order valence-electron chi connectivity index (χ2n) is 2.99. The largest absolute Gasteiger partial charge is 0.480 e. The molecular formula is C7H10N2O4. The maximum Gasteiger partial charge on any atom is 0.320 e. The van der Waals surface area contributed by atoms with Crippen molar-refractivity contribution < 1.29 is 19.5 Å². The minimum Gasteiger partial charge on any atom is -0.480 e. The van der Waals surface area contributed by atoms with E-state index in [1.54, 1.807) is 0 Å². The predicted octanol–water partition coefficient (Wildman–Crippen LogP) is -1.55. The van der Waals surface area contributed by atoms with Crippen LogP contribution in [0.15, 0.2) is 0 Å². The number of carbonyl (C=O) groups is 3. The minimum atomic E-state index is -1.16. The van der Waals surface area contributed by atoms with Crippen LogP contribution >= 0.6 is 0 Å². The third-order valence-corrected chi connectivity index (χ3v) is 1.92. The topological polar surface area (TPSA) is 109 Å². The predicted molar refractivity (Wildman–Crippen MR) is 41.5 cm³/mol. The zero-order valence-corrected chi connectivity index (χ0v) is 6.82. The second-order valence-corrected chi connectivity index (χ2v) is 2.99. The molecule has 0 aromatic rings. The van der Waals surface area contributed by atoms with Gasteiger partial charge in [0.1, 0.15) is 6.04 Å². The lowest BCUT2D eigenvalue weighted by Crippen LogP contribution is -2.34. The number of carboxylic acids is 1. The molecule has 2 amide bonds. The molecule has 1 rings (SSSR count). The first-order valence-electron chi connectivity index (χ1n) is 3.82. The SMILES string of the molecule is N[C@@H](C[C@@H]1CC(=O)NC1=O)C(=O)O. The molecule has 0 aromatic carbocycles. The molecule has 1 saturated heterocycles. The highest BCUT2D eigenvalue weighted by Crippen LogP contribution is 2.16.